The number of likely N-dealkylation sites (N-methyl/N-ethyl adjacent to an activating group) is 1. The highest BCUT2D eigenvalue weighted by molar-refractivity contribution is 5.85. The molecule has 3 rings (SSSR count). The van der Waals surface area contributed by atoms with Gasteiger partial charge in [-0.2, -0.15) is 0 Å². The monoisotopic (exact) mass is 310 g/mol. The fourth-order valence-electron chi connectivity index (χ4n) is 2.89. The largest absolute Gasteiger partial charge is 0.354 e. The summed E-state index contributed by atoms with van der Waals surface area (Å²) in [6.07, 6.45) is 5.08. The van der Waals surface area contributed by atoms with E-state index >= 15 is 0 Å². The van der Waals surface area contributed by atoms with Crippen LogP contribution in [0.3, 0.4) is 0 Å². The SMILES string of the molecule is CN(C)C(=O)CN=C(NC1CC1)NC1CCC2(C1)OCCO2. The standard InChI is InChI=1S/C15H26N4O3/c1-19(2)13(20)10-16-14(17-11-3-4-11)18-12-5-6-15(9-12)21-7-8-22-15/h11-12H,3-10H2,1-2H3,(H2,16,17,18). The Morgan fingerprint density at radius 2 is 1.86 bits per heavy atom. The van der Waals surface area contributed by atoms with Gasteiger partial charge in [0.2, 0.25) is 5.91 Å². The highest BCUT2D eigenvalue weighted by atomic mass is 16.7. The smallest absolute Gasteiger partial charge is 0.243 e. The van der Waals surface area contributed by atoms with E-state index in [0.717, 1.165) is 25.2 Å². The minimum atomic E-state index is -0.387. The third-order valence-corrected chi connectivity index (χ3v) is 4.37. The summed E-state index contributed by atoms with van der Waals surface area (Å²) >= 11 is 0. The number of aliphatic imine (C=N–C) groups is 1. The summed E-state index contributed by atoms with van der Waals surface area (Å²) in [4.78, 5) is 17.7. The maximum absolute atomic E-state index is 11.7. The van der Waals surface area contributed by atoms with Crippen LogP contribution in [0.15, 0.2) is 4.99 Å². The third-order valence-electron chi connectivity index (χ3n) is 4.37. The van der Waals surface area contributed by atoms with Gasteiger partial charge in [-0.1, -0.05) is 0 Å². The first-order valence-electron chi connectivity index (χ1n) is 8.12. The molecule has 0 bridgehead atoms. The van der Waals surface area contributed by atoms with E-state index in [1.54, 1.807) is 19.0 Å². The van der Waals surface area contributed by atoms with Gasteiger partial charge in [-0.25, -0.2) is 4.99 Å². The van der Waals surface area contributed by atoms with Crippen molar-refractivity contribution in [2.45, 2.75) is 50.0 Å². The summed E-state index contributed by atoms with van der Waals surface area (Å²) in [5, 5.41) is 6.82. The molecule has 1 amide bonds. The van der Waals surface area contributed by atoms with Gasteiger partial charge in [-0.3, -0.25) is 4.79 Å². The second-order valence-corrected chi connectivity index (χ2v) is 6.56. The van der Waals surface area contributed by atoms with Gasteiger partial charge in [-0.15, -0.1) is 0 Å². The van der Waals surface area contributed by atoms with Crippen molar-refractivity contribution in [3.05, 3.63) is 0 Å². The summed E-state index contributed by atoms with van der Waals surface area (Å²) < 4.78 is 11.5. The lowest BCUT2D eigenvalue weighted by molar-refractivity contribution is -0.151. The molecule has 1 heterocycles. The van der Waals surface area contributed by atoms with Crippen LogP contribution in [0.4, 0.5) is 0 Å². The minimum Gasteiger partial charge on any atom is -0.354 e. The average Bonchev–Trinajstić information content (AvgIpc) is 3.05. The lowest BCUT2D eigenvalue weighted by Crippen LogP contribution is -2.45. The van der Waals surface area contributed by atoms with E-state index in [2.05, 4.69) is 15.6 Å². The van der Waals surface area contributed by atoms with Crippen molar-refractivity contribution < 1.29 is 14.3 Å². The molecule has 1 unspecified atom stereocenters. The Morgan fingerprint density at radius 3 is 2.50 bits per heavy atom. The molecule has 0 aromatic rings. The number of carbonyl (C=O) groups excluding carboxylic acids is 1. The number of hydrogen-bond acceptors (Lipinski definition) is 4. The van der Waals surface area contributed by atoms with Crippen molar-refractivity contribution in [3.8, 4) is 0 Å². The van der Waals surface area contributed by atoms with E-state index in [-0.39, 0.29) is 24.3 Å². The van der Waals surface area contributed by atoms with E-state index < -0.39 is 0 Å². The van der Waals surface area contributed by atoms with Crippen molar-refractivity contribution >= 4 is 11.9 Å². The second kappa shape index (κ2) is 6.42. The first kappa shape index (κ1) is 15.6. The van der Waals surface area contributed by atoms with Gasteiger partial charge < -0.3 is 25.0 Å². The highest BCUT2D eigenvalue weighted by Gasteiger charge is 2.44. The van der Waals surface area contributed by atoms with Crippen molar-refractivity contribution in [1.82, 2.24) is 15.5 Å². The first-order chi connectivity index (χ1) is 10.6. The van der Waals surface area contributed by atoms with Gasteiger partial charge in [-0.05, 0) is 19.3 Å². The van der Waals surface area contributed by atoms with Crippen LogP contribution in [-0.2, 0) is 14.3 Å². The first-order valence-corrected chi connectivity index (χ1v) is 8.12. The second-order valence-electron chi connectivity index (χ2n) is 6.56. The summed E-state index contributed by atoms with van der Waals surface area (Å²) in [6.45, 7) is 1.54. The molecule has 2 N–H and O–H groups in total. The Bertz CT molecular complexity index is 442. The molecule has 22 heavy (non-hydrogen) atoms. The number of nitrogens with one attached hydrogen (secondary N) is 2. The summed E-state index contributed by atoms with van der Waals surface area (Å²) in [7, 11) is 3.49. The molecular formula is C15H26N4O3. The van der Waals surface area contributed by atoms with Gasteiger partial charge >= 0.3 is 0 Å². The number of hydrogen-bond donors (Lipinski definition) is 2. The number of amides is 1. The summed E-state index contributed by atoms with van der Waals surface area (Å²) in [5.74, 6) is 0.349. The number of rotatable bonds is 4. The van der Waals surface area contributed by atoms with E-state index in [4.69, 9.17) is 9.47 Å². The predicted molar refractivity (Wildman–Crippen MR) is 82.6 cm³/mol. The van der Waals surface area contributed by atoms with Crippen molar-refractivity contribution in [1.29, 1.82) is 0 Å². The third kappa shape index (κ3) is 3.89. The van der Waals surface area contributed by atoms with Crippen LogP contribution < -0.4 is 10.6 Å². The normalized spacial score (nSPS) is 27.2. The number of nitrogens with zero attached hydrogens (tertiary/aromatic N) is 2. The maximum atomic E-state index is 11.7. The molecule has 0 aromatic carbocycles. The van der Waals surface area contributed by atoms with Crippen molar-refractivity contribution in [3.63, 3.8) is 0 Å². The highest BCUT2D eigenvalue weighted by Crippen LogP contribution is 2.37. The van der Waals surface area contributed by atoms with Crippen LogP contribution in [0.5, 0.6) is 0 Å². The Labute approximate surface area is 131 Å². The van der Waals surface area contributed by atoms with E-state index in [0.29, 0.717) is 19.3 Å². The van der Waals surface area contributed by atoms with Crippen LogP contribution in [0.2, 0.25) is 0 Å². The van der Waals surface area contributed by atoms with Crippen molar-refractivity contribution in [2.75, 3.05) is 33.9 Å². The molecule has 1 spiro atoms. The molecule has 1 saturated heterocycles. The number of carbonyl (C=O) groups is 1. The van der Waals surface area contributed by atoms with Crippen LogP contribution in [0.25, 0.3) is 0 Å². The fraction of sp³-hybridized carbons (Fsp3) is 0.867. The van der Waals surface area contributed by atoms with Gasteiger partial charge in [0.15, 0.2) is 11.7 Å². The van der Waals surface area contributed by atoms with Crippen LogP contribution in [0.1, 0.15) is 32.1 Å². The fourth-order valence-corrected chi connectivity index (χ4v) is 2.89. The molecule has 2 saturated carbocycles. The molecule has 3 fully saturated rings. The Morgan fingerprint density at radius 1 is 1.18 bits per heavy atom. The average molecular weight is 310 g/mol. The molecule has 7 nitrogen and oxygen atoms in total. The molecule has 7 heteroatoms. The summed E-state index contributed by atoms with van der Waals surface area (Å²) in [5.41, 5.74) is 0. The van der Waals surface area contributed by atoms with Gasteiger partial charge in [0.05, 0.1) is 13.2 Å². The van der Waals surface area contributed by atoms with E-state index in [1.807, 2.05) is 0 Å². The lowest BCUT2D eigenvalue weighted by Gasteiger charge is -2.22. The maximum Gasteiger partial charge on any atom is 0.243 e. The molecular weight excluding hydrogens is 284 g/mol. The van der Waals surface area contributed by atoms with E-state index in [1.165, 1.54) is 12.8 Å². The van der Waals surface area contributed by atoms with Crippen molar-refractivity contribution in [2.24, 2.45) is 4.99 Å². The Hall–Kier alpha value is -1.34. The van der Waals surface area contributed by atoms with Gasteiger partial charge in [0.1, 0.15) is 6.54 Å². The zero-order chi connectivity index (χ0) is 15.6. The quantitative estimate of drug-likeness (QED) is 0.568. The predicted octanol–water partition coefficient (Wildman–Crippen LogP) is 0.0678. The minimum absolute atomic E-state index is 0.00208. The molecule has 2 aliphatic carbocycles. The number of guanidine groups is 1. The van der Waals surface area contributed by atoms with E-state index in [9.17, 15) is 4.79 Å². The molecule has 124 valence electrons. The van der Waals surface area contributed by atoms with Crippen LogP contribution >= 0.6 is 0 Å². The van der Waals surface area contributed by atoms with Gasteiger partial charge in [0, 0.05) is 39.0 Å². The zero-order valence-corrected chi connectivity index (χ0v) is 13.4. The van der Waals surface area contributed by atoms with Crippen LogP contribution in [0, 0.1) is 0 Å². The Balaban J connectivity index is 1.55. The summed E-state index contributed by atoms with van der Waals surface area (Å²) in [6, 6.07) is 0.771. The molecule has 1 atom stereocenters. The van der Waals surface area contributed by atoms with Crippen LogP contribution in [-0.4, -0.2) is 68.5 Å². The molecule has 1 aliphatic heterocycles. The molecule has 3 aliphatic rings. The topological polar surface area (TPSA) is 75.2 Å². The number of ether oxygens (including phenoxy) is 2. The zero-order valence-electron chi connectivity index (χ0n) is 13.4. The van der Waals surface area contributed by atoms with Gasteiger partial charge in [0.25, 0.3) is 0 Å². The Kier molecular flexibility index (Phi) is 4.54. The molecule has 0 aromatic heterocycles. The molecule has 0 radical (unpaired) electrons. The lowest BCUT2D eigenvalue weighted by atomic mass is 10.2.